The Morgan fingerprint density at radius 1 is 1.09 bits per heavy atom. The summed E-state index contributed by atoms with van der Waals surface area (Å²) in [5.41, 5.74) is 0.766. The highest BCUT2D eigenvalue weighted by atomic mass is 32.2. The molecule has 0 saturated heterocycles. The van der Waals surface area contributed by atoms with Gasteiger partial charge in [0, 0.05) is 48.9 Å². The number of carbonyl (C=O) groups excluding carboxylic acids is 1. The van der Waals surface area contributed by atoms with E-state index >= 15 is 0 Å². The highest BCUT2D eigenvalue weighted by Crippen LogP contribution is 2.29. The third kappa shape index (κ3) is 3.92. The van der Waals surface area contributed by atoms with Crippen molar-refractivity contribution in [3.05, 3.63) is 75.1 Å². The van der Waals surface area contributed by atoms with Crippen LogP contribution in [0.1, 0.15) is 5.56 Å². The molecule has 0 unspecified atom stereocenters. The number of hydrogen-bond acceptors (Lipinski definition) is 6. The SMILES string of the molecule is COCc1cnc2c(c1SCC(=O)Nc1cccc3ccccc13)c(=O)n(C)c(=O)n2C. The first-order chi connectivity index (χ1) is 15.4. The predicted molar refractivity (Wildman–Crippen MR) is 126 cm³/mol. The maximum atomic E-state index is 12.9. The minimum Gasteiger partial charge on any atom is -0.380 e. The number of methoxy groups -OCH3 is 1. The van der Waals surface area contributed by atoms with E-state index in [4.69, 9.17) is 4.74 Å². The average molecular weight is 451 g/mol. The van der Waals surface area contributed by atoms with Crippen LogP contribution in [0.3, 0.4) is 0 Å². The molecule has 0 saturated carbocycles. The Hall–Kier alpha value is -3.43. The number of rotatable bonds is 6. The zero-order valence-electron chi connectivity index (χ0n) is 17.9. The van der Waals surface area contributed by atoms with E-state index in [1.54, 1.807) is 20.4 Å². The van der Waals surface area contributed by atoms with Crippen molar-refractivity contribution in [1.82, 2.24) is 14.1 Å². The lowest BCUT2D eigenvalue weighted by Crippen LogP contribution is -2.37. The molecule has 164 valence electrons. The number of benzene rings is 2. The van der Waals surface area contributed by atoms with E-state index in [1.807, 2.05) is 42.5 Å². The molecule has 32 heavy (non-hydrogen) atoms. The van der Waals surface area contributed by atoms with Crippen LogP contribution in [0.15, 0.2) is 63.1 Å². The van der Waals surface area contributed by atoms with Crippen LogP contribution in [0, 0.1) is 0 Å². The largest absolute Gasteiger partial charge is 0.380 e. The predicted octanol–water partition coefficient (Wildman–Crippen LogP) is 2.66. The van der Waals surface area contributed by atoms with Crippen LogP contribution in [0.2, 0.25) is 0 Å². The summed E-state index contributed by atoms with van der Waals surface area (Å²) in [4.78, 5) is 42.9. The highest BCUT2D eigenvalue weighted by molar-refractivity contribution is 8.00. The monoisotopic (exact) mass is 450 g/mol. The van der Waals surface area contributed by atoms with E-state index in [-0.39, 0.29) is 23.9 Å². The molecule has 1 N–H and O–H groups in total. The zero-order chi connectivity index (χ0) is 22.8. The van der Waals surface area contributed by atoms with Crippen molar-refractivity contribution < 1.29 is 9.53 Å². The van der Waals surface area contributed by atoms with Gasteiger partial charge >= 0.3 is 5.69 Å². The molecule has 0 fully saturated rings. The molecule has 2 aromatic carbocycles. The Labute approximate surface area is 187 Å². The van der Waals surface area contributed by atoms with Crippen molar-refractivity contribution in [1.29, 1.82) is 0 Å². The molecule has 0 radical (unpaired) electrons. The Balaban J connectivity index is 1.69. The molecular weight excluding hydrogens is 428 g/mol. The minimum atomic E-state index is -0.459. The fourth-order valence-electron chi connectivity index (χ4n) is 3.62. The fourth-order valence-corrected chi connectivity index (χ4v) is 4.59. The number of hydrogen-bond donors (Lipinski definition) is 1. The molecule has 0 atom stereocenters. The van der Waals surface area contributed by atoms with Crippen molar-refractivity contribution in [3.8, 4) is 0 Å². The molecule has 9 heteroatoms. The number of nitrogens with one attached hydrogen (secondary N) is 1. The van der Waals surface area contributed by atoms with Gasteiger partial charge in [0.1, 0.15) is 5.65 Å². The van der Waals surface area contributed by atoms with Crippen LogP contribution in [0.25, 0.3) is 21.8 Å². The Kier molecular flexibility index (Phi) is 6.11. The molecule has 0 aliphatic carbocycles. The molecular formula is C23H22N4O4S. The van der Waals surface area contributed by atoms with Gasteiger partial charge in [0.2, 0.25) is 5.91 Å². The summed E-state index contributed by atoms with van der Waals surface area (Å²) in [6, 6.07) is 13.5. The Morgan fingerprint density at radius 3 is 2.62 bits per heavy atom. The van der Waals surface area contributed by atoms with Gasteiger partial charge in [-0.3, -0.25) is 18.7 Å². The lowest BCUT2D eigenvalue weighted by atomic mass is 10.1. The van der Waals surface area contributed by atoms with Gasteiger partial charge in [-0.2, -0.15) is 0 Å². The molecule has 4 rings (SSSR count). The van der Waals surface area contributed by atoms with E-state index in [2.05, 4.69) is 10.3 Å². The van der Waals surface area contributed by atoms with E-state index in [1.165, 1.54) is 23.4 Å². The summed E-state index contributed by atoms with van der Waals surface area (Å²) in [5, 5.41) is 5.24. The molecule has 1 amide bonds. The van der Waals surface area contributed by atoms with Crippen molar-refractivity contribution >= 4 is 45.2 Å². The minimum absolute atomic E-state index is 0.0744. The first kappa shape index (κ1) is 21.8. The summed E-state index contributed by atoms with van der Waals surface area (Å²) in [7, 11) is 4.54. The van der Waals surface area contributed by atoms with Crippen molar-refractivity contribution in [2.75, 3.05) is 18.2 Å². The topological polar surface area (TPSA) is 95.2 Å². The first-order valence-electron chi connectivity index (χ1n) is 9.89. The molecule has 2 aromatic heterocycles. The second-order valence-corrected chi connectivity index (χ2v) is 8.30. The van der Waals surface area contributed by atoms with Gasteiger partial charge in [0.05, 0.1) is 17.7 Å². The van der Waals surface area contributed by atoms with E-state index in [9.17, 15) is 14.4 Å². The van der Waals surface area contributed by atoms with E-state index < -0.39 is 11.2 Å². The lowest BCUT2D eigenvalue weighted by Gasteiger charge is -2.14. The second kappa shape index (κ2) is 8.97. The van der Waals surface area contributed by atoms with Gasteiger partial charge in [-0.1, -0.05) is 36.4 Å². The molecule has 0 aliphatic heterocycles. The lowest BCUT2D eigenvalue weighted by molar-refractivity contribution is -0.113. The third-order valence-electron chi connectivity index (χ3n) is 5.21. The van der Waals surface area contributed by atoms with Crippen LogP contribution in [0.4, 0.5) is 5.69 Å². The van der Waals surface area contributed by atoms with Crippen LogP contribution in [-0.4, -0.2) is 32.9 Å². The molecule has 0 aliphatic rings. The highest BCUT2D eigenvalue weighted by Gasteiger charge is 2.19. The summed E-state index contributed by atoms with van der Waals surface area (Å²) in [6.45, 7) is 0.224. The normalized spacial score (nSPS) is 11.2. The second-order valence-electron chi connectivity index (χ2n) is 7.31. The summed E-state index contributed by atoms with van der Waals surface area (Å²) in [5.74, 6) is -0.133. The molecule has 2 heterocycles. The summed E-state index contributed by atoms with van der Waals surface area (Å²) in [6.07, 6.45) is 1.58. The maximum absolute atomic E-state index is 12.9. The first-order valence-corrected chi connectivity index (χ1v) is 10.9. The number of aryl methyl sites for hydroxylation is 1. The molecule has 0 spiro atoms. The quantitative estimate of drug-likeness (QED) is 0.454. The van der Waals surface area contributed by atoms with Gasteiger partial charge in [-0.25, -0.2) is 9.78 Å². The van der Waals surface area contributed by atoms with Crippen LogP contribution in [0.5, 0.6) is 0 Å². The fraction of sp³-hybridized carbons (Fsp3) is 0.217. The molecule has 4 aromatic rings. The van der Waals surface area contributed by atoms with Crippen molar-refractivity contribution in [2.24, 2.45) is 14.1 Å². The molecule has 8 nitrogen and oxygen atoms in total. The number of nitrogens with zero attached hydrogens (tertiary/aromatic N) is 3. The third-order valence-corrected chi connectivity index (χ3v) is 6.37. The number of ether oxygens (including phenoxy) is 1. The van der Waals surface area contributed by atoms with Gasteiger partial charge in [-0.05, 0) is 11.5 Å². The van der Waals surface area contributed by atoms with Crippen molar-refractivity contribution in [2.45, 2.75) is 11.5 Å². The van der Waals surface area contributed by atoms with Gasteiger partial charge in [0.15, 0.2) is 0 Å². The van der Waals surface area contributed by atoms with Gasteiger partial charge in [-0.15, -0.1) is 11.8 Å². The number of carbonyl (C=O) groups is 1. The Morgan fingerprint density at radius 2 is 1.84 bits per heavy atom. The van der Waals surface area contributed by atoms with Gasteiger partial charge in [0.25, 0.3) is 5.56 Å². The number of aromatic nitrogens is 3. The Bertz CT molecular complexity index is 1450. The maximum Gasteiger partial charge on any atom is 0.332 e. The van der Waals surface area contributed by atoms with E-state index in [0.717, 1.165) is 21.0 Å². The average Bonchev–Trinajstić information content (AvgIpc) is 2.80. The smallest absolute Gasteiger partial charge is 0.332 e. The van der Waals surface area contributed by atoms with Gasteiger partial charge < -0.3 is 10.1 Å². The van der Waals surface area contributed by atoms with Crippen molar-refractivity contribution in [3.63, 3.8) is 0 Å². The number of fused-ring (bicyclic) bond motifs is 2. The number of thioether (sulfide) groups is 1. The zero-order valence-corrected chi connectivity index (χ0v) is 18.7. The van der Waals surface area contributed by atoms with E-state index in [0.29, 0.717) is 15.8 Å². The van der Waals surface area contributed by atoms with Crippen LogP contribution < -0.4 is 16.6 Å². The summed E-state index contributed by atoms with van der Waals surface area (Å²) < 4.78 is 7.63. The van der Waals surface area contributed by atoms with Crippen LogP contribution in [-0.2, 0) is 30.2 Å². The number of pyridine rings is 1. The number of amides is 1. The standard InChI is InChI=1S/C23H22N4O4S/c1-26-21-19(22(29)27(2)23(26)30)20(15(11-24-21)12-31-3)32-13-18(28)25-17-10-6-8-14-7-4-5-9-16(14)17/h4-11H,12-13H2,1-3H3,(H,25,28). The molecule has 0 bridgehead atoms. The number of anilines is 1. The van der Waals surface area contributed by atoms with Crippen LogP contribution >= 0.6 is 11.8 Å². The summed E-state index contributed by atoms with van der Waals surface area (Å²) >= 11 is 1.23.